The average Bonchev–Trinajstić information content (AvgIpc) is 2.94. The first kappa shape index (κ1) is 18.7. The molecule has 1 aliphatic rings. The lowest BCUT2D eigenvalue weighted by Crippen LogP contribution is -1.99. The second kappa shape index (κ2) is 8.51. The van der Waals surface area contributed by atoms with E-state index in [4.69, 9.17) is 0 Å². The number of rotatable bonds is 7. The minimum atomic E-state index is 0.553. The molecule has 1 aliphatic carbocycles. The van der Waals surface area contributed by atoms with Crippen LogP contribution >= 0.6 is 47.8 Å². The van der Waals surface area contributed by atoms with Crippen molar-refractivity contribution < 1.29 is 0 Å². The van der Waals surface area contributed by atoms with Crippen molar-refractivity contribution in [3.05, 3.63) is 58.1 Å². The fourth-order valence-electron chi connectivity index (χ4n) is 3.87. The van der Waals surface area contributed by atoms with Crippen molar-refractivity contribution in [2.24, 2.45) is 0 Å². The van der Waals surface area contributed by atoms with Crippen molar-refractivity contribution in [2.75, 3.05) is 0 Å². The SMILES string of the molecule is CCCCCC1c2cc(CBr)ccc2-c2c(CBr)cc(CBr)cc21. The van der Waals surface area contributed by atoms with E-state index < -0.39 is 0 Å². The fraction of sp³-hybridized carbons (Fsp3) is 0.429. The van der Waals surface area contributed by atoms with Gasteiger partial charge in [0.05, 0.1) is 0 Å². The van der Waals surface area contributed by atoms with E-state index in [1.165, 1.54) is 59.1 Å². The van der Waals surface area contributed by atoms with Gasteiger partial charge in [0.25, 0.3) is 0 Å². The molecule has 0 nitrogen and oxygen atoms in total. The van der Waals surface area contributed by atoms with Crippen LogP contribution in [0.15, 0.2) is 30.3 Å². The van der Waals surface area contributed by atoms with Crippen molar-refractivity contribution in [3.8, 4) is 11.1 Å². The van der Waals surface area contributed by atoms with E-state index in [1.54, 1.807) is 5.56 Å². The van der Waals surface area contributed by atoms with Crippen molar-refractivity contribution in [3.63, 3.8) is 0 Å². The van der Waals surface area contributed by atoms with Crippen LogP contribution in [0.4, 0.5) is 0 Å². The average molecular weight is 515 g/mol. The van der Waals surface area contributed by atoms with Crippen LogP contribution in [0.5, 0.6) is 0 Å². The first-order chi connectivity index (χ1) is 11.7. The quantitative estimate of drug-likeness (QED) is 0.259. The van der Waals surface area contributed by atoms with Gasteiger partial charge in [-0.2, -0.15) is 0 Å². The summed E-state index contributed by atoms with van der Waals surface area (Å²) in [7, 11) is 0. The first-order valence-electron chi connectivity index (χ1n) is 8.70. The molecule has 1 atom stereocenters. The zero-order valence-electron chi connectivity index (χ0n) is 14.0. The summed E-state index contributed by atoms with van der Waals surface area (Å²) in [6, 6.07) is 11.8. The predicted octanol–water partition coefficient (Wildman–Crippen LogP) is 8.06. The highest BCUT2D eigenvalue weighted by Crippen LogP contribution is 2.50. The molecule has 3 rings (SSSR count). The fourth-order valence-corrected chi connectivity index (χ4v) is 4.98. The van der Waals surface area contributed by atoms with Gasteiger partial charge < -0.3 is 0 Å². The molecule has 24 heavy (non-hydrogen) atoms. The number of hydrogen-bond acceptors (Lipinski definition) is 0. The summed E-state index contributed by atoms with van der Waals surface area (Å²) in [5.41, 5.74) is 10.2. The van der Waals surface area contributed by atoms with Crippen LogP contribution in [0.2, 0.25) is 0 Å². The molecule has 0 aliphatic heterocycles. The van der Waals surface area contributed by atoms with Gasteiger partial charge in [-0.25, -0.2) is 0 Å². The van der Waals surface area contributed by atoms with Gasteiger partial charge in [-0.3, -0.25) is 0 Å². The largest absolute Gasteiger partial charge is 0.0876 e. The smallest absolute Gasteiger partial charge is 0.0289 e. The minimum absolute atomic E-state index is 0.553. The molecule has 0 bridgehead atoms. The van der Waals surface area contributed by atoms with Crippen molar-refractivity contribution in [1.82, 2.24) is 0 Å². The van der Waals surface area contributed by atoms with Crippen molar-refractivity contribution in [1.29, 1.82) is 0 Å². The Morgan fingerprint density at radius 1 is 0.833 bits per heavy atom. The number of benzene rings is 2. The lowest BCUT2D eigenvalue weighted by molar-refractivity contribution is 0.625. The maximum Gasteiger partial charge on any atom is 0.0289 e. The summed E-state index contributed by atoms with van der Waals surface area (Å²) in [6.45, 7) is 2.28. The van der Waals surface area contributed by atoms with Gasteiger partial charge in [0.1, 0.15) is 0 Å². The summed E-state index contributed by atoms with van der Waals surface area (Å²) in [6.07, 6.45) is 5.17. The predicted molar refractivity (Wildman–Crippen MR) is 116 cm³/mol. The molecule has 0 amide bonds. The second-order valence-electron chi connectivity index (χ2n) is 6.59. The molecule has 0 saturated heterocycles. The summed E-state index contributed by atoms with van der Waals surface area (Å²) >= 11 is 11.0. The number of unbranched alkanes of at least 4 members (excludes halogenated alkanes) is 2. The topological polar surface area (TPSA) is 0 Å². The van der Waals surface area contributed by atoms with Crippen LogP contribution in [0.25, 0.3) is 11.1 Å². The highest BCUT2D eigenvalue weighted by Gasteiger charge is 2.30. The van der Waals surface area contributed by atoms with Gasteiger partial charge in [-0.15, -0.1) is 0 Å². The molecule has 3 heteroatoms. The van der Waals surface area contributed by atoms with Gasteiger partial charge in [0.15, 0.2) is 0 Å². The molecule has 0 radical (unpaired) electrons. The Morgan fingerprint density at radius 3 is 2.25 bits per heavy atom. The number of fused-ring (bicyclic) bond motifs is 3. The van der Waals surface area contributed by atoms with Crippen LogP contribution in [0.3, 0.4) is 0 Å². The molecule has 0 heterocycles. The van der Waals surface area contributed by atoms with E-state index >= 15 is 0 Å². The van der Waals surface area contributed by atoms with E-state index in [1.807, 2.05) is 0 Å². The maximum absolute atomic E-state index is 3.72. The Labute approximate surface area is 170 Å². The van der Waals surface area contributed by atoms with E-state index in [9.17, 15) is 0 Å². The summed E-state index contributed by atoms with van der Waals surface area (Å²) in [5.74, 6) is 0.553. The molecule has 128 valence electrons. The van der Waals surface area contributed by atoms with Gasteiger partial charge in [0.2, 0.25) is 0 Å². The molecule has 0 aromatic heterocycles. The Morgan fingerprint density at radius 2 is 1.58 bits per heavy atom. The molecule has 0 spiro atoms. The molecule has 0 saturated carbocycles. The zero-order valence-corrected chi connectivity index (χ0v) is 18.8. The van der Waals surface area contributed by atoms with Crippen LogP contribution in [-0.2, 0) is 16.0 Å². The highest BCUT2D eigenvalue weighted by molar-refractivity contribution is 9.09. The summed E-state index contributed by atoms with van der Waals surface area (Å²) in [4.78, 5) is 0. The van der Waals surface area contributed by atoms with Gasteiger partial charge in [0, 0.05) is 21.9 Å². The van der Waals surface area contributed by atoms with Crippen LogP contribution in [-0.4, -0.2) is 0 Å². The van der Waals surface area contributed by atoms with Crippen LogP contribution in [0, 0.1) is 0 Å². The number of alkyl halides is 3. The van der Waals surface area contributed by atoms with E-state index in [2.05, 4.69) is 85.0 Å². The maximum atomic E-state index is 3.72. The monoisotopic (exact) mass is 512 g/mol. The molecule has 0 fully saturated rings. The van der Waals surface area contributed by atoms with E-state index in [0.717, 1.165) is 16.0 Å². The molecular weight excluding hydrogens is 492 g/mol. The van der Waals surface area contributed by atoms with E-state index in [0.29, 0.717) is 5.92 Å². The van der Waals surface area contributed by atoms with Crippen LogP contribution in [0.1, 0.15) is 66.3 Å². The van der Waals surface area contributed by atoms with Crippen LogP contribution < -0.4 is 0 Å². The molecule has 1 unspecified atom stereocenters. The van der Waals surface area contributed by atoms with Gasteiger partial charge >= 0.3 is 0 Å². The second-order valence-corrected chi connectivity index (χ2v) is 8.27. The van der Waals surface area contributed by atoms with Gasteiger partial charge in [-0.1, -0.05) is 104 Å². The Kier molecular flexibility index (Phi) is 6.62. The molecule has 2 aromatic carbocycles. The third-order valence-electron chi connectivity index (χ3n) is 5.00. The third kappa shape index (κ3) is 3.54. The normalized spacial score (nSPS) is 15.4. The highest BCUT2D eigenvalue weighted by atomic mass is 79.9. The minimum Gasteiger partial charge on any atom is -0.0876 e. The number of halogens is 3. The molecular formula is C21H23Br3. The van der Waals surface area contributed by atoms with Gasteiger partial charge in [-0.05, 0) is 45.4 Å². The zero-order chi connectivity index (χ0) is 17.1. The Bertz CT molecular complexity index is 721. The molecule has 2 aromatic rings. The summed E-state index contributed by atoms with van der Waals surface area (Å²) in [5, 5.41) is 2.76. The lowest BCUT2D eigenvalue weighted by atomic mass is 9.89. The van der Waals surface area contributed by atoms with Crippen molar-refractivity contribution >= 4 is 47.8 Å². The Hall–Kier alpha value is -0.120. The number of hydrogen-bond donors (Lipinski definition) is 0. The first-order valence-corrected chi connectivity index (χ1v) is 12.1. The third-order valence-corrected chi connectivity index (χ3v) is 6.89. The van der Waals surface area contributed by atoms with E-state index in [-0.39, 0.29) is 0 Å². The standard InChI is InChI=1S/C21H23Br3/c1-2-3-4-5-17-19-9-14(11-22)6-7-18(19)21-16(13-24)8-15(12-23)10-20(17)21/h6-10,17H,2-5,11-13H2,1H3. The summed E-state index contributed by atoms with van der Waals surface area (Å²) < 4.78 is 0. The Balaban J connectivity index is 2.13. The van der Waals surface area contributed by atoms with Crippen molar-refractivity contribution in [2.45, 2.75) is 54.5 Å². The lowest BCUT2D eigenvalue weighted by Gasteiger charge is -2.15. The molecule has 0 N–H and O–H groups in total.